The molecule has 0 heterocycles. The number of carbonyl (C=O) groups excluding carboxylic acids is 3. The van der Waals surface area contributed by atoms with E-state index in [9.17, 15) is 14.4 Å². The molecule has 0 unspecified atom stereocenters. The molecule has 6 heteroatoms. The largest absolute Gasteiger partial charge is 0.462 e. The van der Waals surface area contributed by atoms with Crippen molar-refractivity contribution in [3.8, 4) is 0 Å². The summed E-state index contributed by atoms with van der Waals surface area (Å²) in [7, 11) is 0. The molecule has 0 N–H and O–H groups in total. The lowest BCUT2D eigenvalue weighted by Gasteiger charge is -2.18. The molecule has 0 aliphatic heterocycles. The predicted molar refractivity (Wildman–Crippen MR) is 270 cm³/mol. The zero-order valence-electron chi connectivity index (χ0n) is 41.3. The first-order valence-electron chi connectivity index (χ1n) is 26.4. The van der Waals surface area contributed by atoms with Crippen LogP contribution in [0.2, 0.25) is 0 Å². The highest BCUT2D eigenvalue weighted by molar-refractivity contribution is 5.71. The molecule has 0 fully saturated rings. The topological polar surface area (TPSA) is 78.9 Å². The molecule has 0 aromatic rings. The smallest absolute Gasteiger partial charge is 0.306 e. The molecule has 1 atom stereocenters. The minimum atomic E-state index is -0.801. The van der Waals surface area contributed by atoms with Gasteiger partial charge in [0.05, 0.1) is 0 Å². The number of ether oxygens (including phenoxy) is 3. The number of rotatable bonds is 47. The fraction of sp³-hybridized carbons (Fsp3) is 0.737. The normalized spacial score (nSPS) is 12.6. The molecule has 0 saturated heterocycles. The van der Waals surface area contributed by atoms with Crippen molar-refractivity contribution in [1.29, 1.82) is 0 Å². The summed E-state index contributed by atoms with van der Waals surface area (Å²) in [5.41, 5.74) is 0. The maximum absolute atomic E-state index is 12.8. The standard InChI is InChI=1S/C57H98O6/c1-4-7-10-13-16-19-22-25-27-28-29-30-31-33-35-38-41-44-47-50-56(59)62-53-54(52-61-55(58)49-46-43-40-37-34-24-21-18-15-12-9-6-3)63-57(60)51-48-45-42-39-36-32-26-23-20-17-14-11-8-5-2/h7,10,16,19,25,27,29-30,33,35,41,44,54H,4-6,8-9,11-15,17-18,20-24,26,28,31-32,34,36-40,42-43,45-53H2,1-3H3/b10-7-,19-16-,27-25-,30-29-,35-33-,44-41-/t54-/m0/s1. The van der Waals surface area contributed by atoms with Crippen LogP contribution in [0.1, 0.15) is 252 Å². The second-order valence-electron chi connectivity index (χ2n) is 17.4. The highest BCUT2D eigenvalue weighted by Crippen LogP contribution is 2.15. The molecule has 6 nitrogen and oxygen atoms in total. The quantitative estimate of drug-likeness (QED) is 0.0262. The van der Waals surface area contributed by atoms with Gasteiger partial charge in [0.2, 0.25) is 0 Å². The molecule has 0 bridgehead atoms. The fourth-order valence-electron chi connectivity index (χ4n) is 7.29. The molecule has 0 aliphatic rings. The third-order valence-corrected chi connectivity index (χ3v) is 11.2. The Morgan fingerprint density at radius 2 is 0.619 bits per heavy atom. The molecule has 0 radical (unpaired) electrons. The van der Waals surface area contributed by atoms with Gasteiger partial charge in [-0.05, 0) is 57.8 Å². The molecular formula is C57H98O6. The molecule has 362 valence electrons. The number of allylic oxidation sites excluding steroid dienone is 12. The Morgan fingerprint density at radius 3 is 0.968 bits per heavy atom. The van der Waals surface area contributed by atoms with E-state index >= 15 is 0 Å². The molecule has 0 saturated carbocycles. The van der Waals surface area contributed by atoms with Gasteiger partial charge in [-0.2, -0.15) is 0 Å². The van der Waals surface area contributed by atoms with Crippen LogP contribution in [0, 0.1) is 0 Å². The Kier molecular flexibility index (Phi) is 48.9. The van der Waals surface area contributed by atoms with Crippen LogP contribution in [0.4, 0.5) is 0 Å². The van der Waals surface area contributed by atoms with Gasteiger partial charge < -0.3 is 14.2 Å². The minimum absolute atomic E-state index is 0.0952. The summed E-state index contributed by atoms with van der Waals surface area (Å²) in [5.74, 6) is -0.977. The second-order valence-corrected chi connectivity index (χ2v) is 17.4. The van der Waals surface area contributed by atoms with E-state index in [0.29, 0.717) is 19.3 Å². The lowest BCUT2D eigenvalue weighted by atomic mass is 10.0. The van der Waals surface area contributed by atoms with E-state index in [1.165, 1.54) is 128 Å². The summed E-state index contributed by atoms with van der Waals surface area (Å²) in [6.07, 6.45) is 64.7. The van der Waals surface area contributed by atoms with Gasteiger partial charge >= 0.3 is 17.9 Å². The van der Waals surface area contributed by atoms with Crippen LogP contribution in [0.5, 0.6) is 0 Å². The van der Waals surface area contributed by atoms with Crippen molar-refractivity contribution in [3.63, 3.8) is 0 Å². The molecule has 0 aliphatic carbocycles. The number of hydrogen-bond donors (Lipinski definition) is 0. The Bertz CT molecular complexity index is 1190. The van der Waals surface area contributed by atoms with Gasteiger partial charge in [0.1, 0.15) is 13.2 Å². The highest BCUT2D eigenvalue weighted by atomic mass is 16.6. The third kappa shape index (κ3) is 49.7. The van der Waals surface area contributed by atoms with Gasteiger partial charge in [-0.15, -0.1) is 0 Å². The molecule has 0 rings (SSSR count). The first-order valence-corrected chi connectivity index (χ1v) is 26.4. The maximum atomic E-state index is 12.8. The van der Waals surface area contributed by atoms with E-state index in [-0.39, 0.29) is 37.5 Å². The summed E-state index contributed by atoms with van der Waals surface area (Å²) in [6, 6.07) is 0. The molecule has 0 spiro atoms. The average molecular weight is 879 g/mol. The van der Waals surface area contributed by atoms with E-state index < -0.39 is 6.10 Å². The van der Waals surface area contributed by atoms with Gasteiger partial charge in [-0.1, -0.05) is 248 Å². The van der Waals surface area contributed by atoms with Crippen molar-refractivity contribution in [2.75, 3.05) is 13.2 Å². The van der Waals surface area contributed by atoms with Gasteiger partial charge in [-0.25, -0.2) is 0 Å². The lowest BCUT2D eigenvalue weighted by Crippen LogP contribution is -2.30. The summed E-state index contributed by atoms with van der Waals surface area (Å²) < 4.78 is 16.7. The Hall–Kier alpha value is -3.15. The lowest BCUT2D eigenvalue weighted by molar-refractivity contribution is -0.166. The van der Waals surface area contributed by atoms with E-state index in [2.05, 4.69) is 87.6 Å². The van der Waals surface area contributed by atoms with Gasteiger partial charge in [-0.3, -0.25) is 14.4 Å². The van der Waals surface area contributed by atoms with E-state index in [0.717, 1.165) is 77.0 Å². The Morgan fingerprint density at radius 1 is 0.333 bits per heavy atom. The van der Waals surface area contributed by atoms with E-state index in [1.807, 2.05) is 6.08 Å². The van der Waals surface area contributed by atoms with Crippen LogP contribution in [-0.2, 0) is 28.6 Å². The average Bonchev–Trinajstić information content (AvgIpc) is 3.28. The summed E-state index contributed by atoms with van der Waals surface area (Å²) in [6.45, 7) is 6.47. The minimum Gasteiger partial charge on any atom is -0.462 e. The van der Waals surface area contributed by atoms with Crippen LogP contribution < -0.4 is 0 Å². The molecule has 0 amide bonds. The number of unbranched alkanes of at least 4 members (excludes halogenated alkanes) is 24. The molecule has 63 heavy (non-hydrogen) atoms. The van der Waals surface area contributed by atoms with Crippen LogP contribution in [-0.4, -0.2) is 37.2 Å². The first-order chi connectivity index (χ1) is 31.0. The van der Waals surface area contributed by atoms with Crippen molar-refractivity contribution >= 4 is 17.9 Å². The monoisotopic (exact) mass is 879 g/mol. The molecule has 0 aromatic carbocycles. The zero-order chi connectivity index (χ0) is 45.8. The van der Waals surface area contributed by atoms with Gasteiger partial charge in [0.15, 0.2) is 6.10 Å². The zero-order valence-corrected chi connectivity index (χ0v) is 41.3. The number of carbonyl (C=O) groups is 3. The molecule has 0 aromatic heterocycles. The van der Waals surface area contributed by atoms with Gasteiger partial charge in [0.25, 0.3) is 0 Å². The summed E-state index contributed by atoms with van der Waals surface area (Å²) >= 11 is 0. The van der Waals surface area contributed by atoms with E-state index in [1.54, 1.807) is 0 Å². The fourth-order valence-corrected chi connectivity index (χ4v) is 7.29. The molecular weight excluding hydrogens is 781 g/mol. The number of esters is 3. The number of hydrogen-bond acceptors (Lipinski definition) is 6. The van der Waals surface area contributed by atoms with Crippen LogP contribution in [0.15, 0.2) is 72.9 Å². The van der Waals surface area contributed by atoms with Crippen LogP contribution in [0.25, 0.3) is 0 Å². The Labute approximate surface area is 389 Å². The summed E-state index contributed by atoms with van der Waals surface area (Å²) in [4.78, 5) is 37.9. The van der Waals surface area contributed by atoms with Crippen LogP contribution in [0.3, 0.4) is 0 Å². The van der Waals surface area contributed by atoms with Crippen molar-refractivity contribution in [2.45, 2.75) is 258 Å². The van der Waals surface area contributed by atoms with Gasteiger partial charge in [0, 0.05) is 19.3 Å². The van der Waals surface area contributed by atoms with Crippen molar-refractivity contribution in [2.24, 2.45) is 0 Å². The third-order valence-electron chi connectivity index (χ3n) is 11.2. The Balaban J connectivity index is 4.47. The highest BCUT2D eigenvalue weighted by Gasteiger charge is 2.19. The van der Waals surface area contributed by atoms with Crippen molar-refractivity contribution < 1.29 is 28.6 Å². The van der Waals surface area contributed by atoms with Crippen molar-refractivity contribution in [1.82, 2.24) is 0 Å². The predicted octanol–water partition coefficient (Wildman–Crippen LogP) is 17.4. The maximum Gasteiger partial charge on any atom is 0.306 e. The SMILES string of the molecule is CC/C=C\C/C=C\C/C=C\C/C=C\C/C=C\C/C=C\CCC(=O)OC[C@H](COC(=O)CCCCCCCCCCCCCC)OC(=O)CCCCCCCCCCCCCCCC. The van der Waals surface area contributed by atoms with E-state index in [4.69, 9.17) is 14.2 Å². The van der Waals surface area contributed by atoms with Crippen LogP contribution >= 0.6 is 0 Å². The second kappa shape index (κ2) is 51.5. The van der Waals surface area contributed by atoms with Crippen molar-refractivity contribution in [3.05, 3.63) is 72.9 Å². The summed E-state index contributed by atoms with van der Waals surface area (Å²) in [5, 5.41) is 0. The first kappa shape index (κ1) is 59.9.